The molecule has 1 aliphatic rings. The summed E-state index contributed by atoms with van der Waals surface area (Å²) >= 11 is 0. The van der Waals surface area contributed by atoms with Crippen LogP contribution in [0.5, 0.6) is 0 Å². The molecule has 0 unspecified atom stereocenters. The second-order valence-electron chi connectivity index (χ2n) is 4.95. The first-order valence-corrected chi connectivity index (χ1v) is 7.08. The van der Waals surface area contributed by atoms with E-state index in [-0.39, 0.29) is 0 Å². The zero-order valence-electron chi connectivity index (χ0n) is 12.1. The van der Waals surface area contributed by atoms with Gasteiger partial charge in [-0.1, -0.05) is 0 Å². The van der Waals surface area contributed by atoms with Gasteiger partial charge < -0.3 is 15.0 Å². The molecule has 0 radical (unpaired) electrons. The minimum Gasteiger partial charge on any atom is -0.378 e. The van der Waals surface area contributed by atoms with Gasteiger partial charge in [-0.3, -0.25) is 0 Å². The van der Waals surface area contributed by atoms with E-state index < -0.39 is 0 Å². The van der Waals surface area contributed by atoms with Crippen LogP contribution in [0.3, 0.4) is 0 Å². The summed E-state index contributed by atoms with van der Waals surface area (Å²) in [6, 6.07) is 0. The Morgan fingerprint density at radius 3 is 2.74 bits per heavy atom. The summed E-state index contributed by atoms with van der Waals surface area (Å²) in [4.78, 5) is 11.4. The van der Waals surface area contributed by atoms with Crippen LogP contribution in [0.1, 0.15) is 31.0 Å². The maximum atomic E-state index is 5.67. The topological polar surface area (TPSA) is 50.3 Å². The van der Waals surface area contributed by atoms with Crippen LogP contribution in [-0.4, -0.2) is 42.8 Å². The number of ether oxygens (including phenoxy) is 1. The molecule has 0 amide bonds. The normalized spacial score (nSPS) is 16.9. The molecule has 5 heteroatoms. The van der Waals surface area contributed by atoms with Gasteiger partial charge in [-0.2, -0.15) is 0 Å². The molecule has 2 rings (SSSR count). The van der Waals surface area contributed by atoms with Crippen LogP contribution in [-0.2, 0) is 11.3 Å². The average Bonchev–Trinajstić information content (AvgIpc) is 2.43. The molecule has 1 aliphatic heterocycles. The smallest absolute Gasteiger partial charge is 0.225 e. The summed E-state index contributed by atoms with van der Waals surface area (Å²) in [6.45, 7) is 7.69. The van der Waals surface area contributed by atoms with Crippen LogP contribution < -0.4 is 10.2 Å². The molecule has 2 heterocycles. The second kappa shape index (κ2) is 6.82. The van der Waals surface area contributed by atoms with E-state index in [2.05, 4.69) is 27.1 Å². The lowest BCUT2D eigenvalue weighted by molar-refractivity contribution is 0.0457. The zero-order chi connectivity index (χ0) is 13.7. The maximum absolute atomic E-state index is 5.67. The molecule has 0 aromatic carbocycles. The Bertz CT molecular complexity index is 402. The molecule has 1 aromatic heterocycles. The fourth-order valence-corrected chi connectivity index (χ4v) is 2.45. The Morgan fingerprint density at radius 1 is 1.42 bits per heavy atom. The van der Waals surface area contributed by atoms with E-state index in [0.29, 0.717) is 6.10 Å². The Morgan fingerprint density at radius 2 is 2.16 bits per heavy atom. The van der Waals surface area contributed by atoms with E-state index in [4.69, 9.17) is 4.74 Å². The molecule has 0 bridgehead atoms. The van der Waals surface area contributed by atoms with Gasteiger partial charge in [0.05, 0.1) is 6.10 Å². The number of nitrogens with one attached hydrogen (secondary N) is 1. The maximum Gasteiger partial charge on any atom is 0.225 e. The van der Waals surface area contributed by atoms with Gasteiger partial charge in [0.2, 0.25) is 5.95 Å². The fourth-order valence-electron chi connectivity index (χ4n) is 2.45. The number of piperidine rings is 1. The minimum atomic E-state index is 0.408. The van der Waals surface area contributed by atoms with Crippen LogP contribution in [0.15, 0.2) is 6.20 Å². The summed E-state index contributed by atoms with van der Waals surface area (Å²) in [5, 5.41) is 3.13. The highest BCUT2D eigenvalue weighted by atomic mass is 16.5. The van der Waals surface area contributed by atoms with Crippen molar-refractivity contribution in [2.24, 2.45) is 0 Å². The van der Waals surface area contributed by atoms with Gasteiger partial charge >= 0.3 is 0 Å². The molecule has 0 saturated carbocycles. The second-order valence-corrected chi connectivity index (χ2v) is 4.95. The average molecular weight is 264 g/mol. The number of nitrogens with zero attached hydrogens (tertiary/aromatic N) is 3. The first-order valence-electron chi connectivity index (χ1n) is 7.08. The molecular weight excluding hydrogens is 240 g/mol. The number of hydrogen-bond donors (Lipinski definition) is 1. The van der Waals surface area contributed by atoms with Crippen molar-refractivity contribution >= 4 is 5.95 Å². The fraction of sp³-hybridized carbons (Fsp3) is 0.714. The molecule has 106 valence electrons. The lowest BCUT2D eigenvalue weighted by Gasteiger charge is -2.31. The summed E-state index contributed by atoms with van der Waals surface area (Å²) in [5.41, 5.74) is 2.22. The number of aryl methyl sites for hydroxylation is 1. The van der Waals surface area contributed by atoms with Crippen molar-refractivity contribution in [2.45, 2.75) is 39.3 Å². The van der Waals surface area contributed by atoms with E-state index in [0.717, 1.165) is 56.3 Å². The number of aromatic nitrogens is 2. The van der Waals surface area contributed by atoms with E-state index in [1.165, 1.54) is 0 Å². The lowest BCUT2D eigenvalue weighted by Crippen LogP contribution is -2.38. The molecule has 0 spiro atoms. The predicted octanol–water partition coefficient (Wildman–Crippen LogP) is 1.51. The van der Waals surface area contributed by atoms with E-state index >= 15 is 0 Å². The highest BCUT2D eigenvalue weighted by Gasteiger charge is 2.21. The Labute approximate surface area is 115 Å². The summed E-state index contributed by atoms with van der Waals surface area (Å²) in [5.74, 6) is 0.854. The van der Waals surface area contributed by atoms with Crippen molar-refractivity contribution in [1.29, 1.82) is 0 Å². The minimum absolute atomic E-state index is 0.408. The molecule has 1 saturated heterocycles. The molecule has 0 aliphatic carbocycles. The largest absolute Gasteiger partial charge is 0.378 e. The van der Waals surface area contributed by atoms with Gasteiger partial charge in [0.25, 0.3) is 0 Å². The van der Waals surface area contributed by atoms with Crippen molar-refractivity contribution < 1.29 is 4.74 Å². The third-order valence-electron chi connectivity index (χ3n) is 3.56. The van der Waals surface area contributed by atoms with Gasteiger partial charge in [0, 0.05) is 43.7 Å². The van der Waals surface area contributed by atoms with Crippen LogP contribution in [0.2, 0.25) is 0 Å². The summed E-state index contributed by atoms with van der Waals surface area (Å²) in [7, 11) is 1.94. The number of hydrogen-bond acceptors (Lipinski definition) is 5. The molecule has 19 heavy (non-hydrogen) atoms. The monoisotopic (exact) mass is 264 g/mol. The van der Waals surface area contributed by atoms with Gasteiger partial charge in [-0.05, 0) is 33.7 Å². The Kier molecular flexibility index (Phi) is 5.10. The Balaban J connectivity index is 1.97. The molecule has 1 fully saturated rings. The van der Waals surface area contributed by atoms with Crippen molar-refractivity contribution in [1.82, 2.24) is 15.3 Å². The standard InChI is InChI=1S/C14H24N4O/c1-4-19-13-5-7-18(8-6-13)14-16-10-12(9-15-3)11(2)17-14/h10,13,15H,4-9H2,1-3H3. The van der Waals surface area contributed by atoms with E-state index in [1.807, 2.05) is 20.2 Å². The van der Waals surface area contributed by atoms with Crippen LogP contribution >= 0.6 is 0 Å². The summed E-state index contributed by atoms with van der Waals surface area (Å²) in [6.07, 6.45) is 4.47. The van der Waals surface area contributed by atoms with Crippen LogP contribution in [0.4, 0.5) is 5.95 Å². The highest BCUT2D eigenvalue weighted by Crippen LogP contribution is 2.19. The molecule has 5 nitrogen and oxygen atoms in total. The third kappa shape index (κ3) is 3.64. The number of anilines is 1. The van der Waals surface area contributed by atoms with Crippen LogP contribution in [0.25, 0.3) is 0 Å². The quantitative estimate of drug-likeness (QED) is 0.873. The van der Waals surface area contributed by atoms with Gasteiger partial charge in [-0.15, -0.1) is 0 Å². The van der Waals surface area contributed by atoms with Gasteiger partial charge in [-0.25, -0.2) is 9.97 Å². The Hall–Kier alpha value is -1.20. The zero-order valence-corrected chi connectivity index (χ0v) is 12.1. The molecule has 1 aromatic rings. The van der Waals surface area contributed by atoms with Gasteiger partial charge in [0.15, 0.2) is 0 Å². The molecule has 1 N–H and O–H groups in total. The summed E-state index contributed by atoms with van der Waals surface area (Å²) < 4.78 is 5.67. The molecular formula is C14H24N4O. The van der Waals surface area contributed by atoms with E-state index in [1.54, 1.807) is 0 Å². The van der Waals surface area contributed by atoms with Crippen molar-refractivity contribution in [3.05, 3.63) is 17.5 Å². The third-order valence-corrected chi connectivity index (χ3v) is 3.56. The van der Waals surface area contributed by atoms with Crippen molar-refractivity contribution in [2.75, 3.05) is 31.6 Å². The first-order chi connectivity index (χ1) is 9.24. The van der Waals surface area contributed by atoms with E-state index in [9.17, 15) is 0 Å². The van der Waals surface area contributed by atoms with Crippen molar-refractivity contribution in [3.63, 3.8) is 0 Å². The first kappa shape index (κ1) is 14.2. The van der Waals surface area contributed by atoms with Crippen molar-refractivity contribution in [3.8, 4) is 0 Å². The number of rotatable bonds is 5. The molecule has 0 atom stereocenters. The highest BCUT2D eigenvalue weighted by molar-refractivity contribution is 5.33. The van der Waals surface area contributed by atoms with Gasteiger partial charge in [0.1, 0.15) is 0 Å². The predicted molar refractivity (Wildman–Crippen MR) is 76.4 cm³/mol. The lowest BCUT2D eigenvalue weighted by atomic mass is 10.1. The SMILES string of the molecule is CCOC1CCN(c2ncc(CNC)c(C)n2)CC1. The van der Waals surface area contributed by atoms with Crippen LogP contribution in [0, 0.1) is 6.92 Å².